The highest BCUT2D eigenvalue weighted by Crippen LogP contribution is 2.24. The van der Waals surface area contributed by atoms with Crippen LogP contribution in [-0.4, -0.2) is 36.1 Å². The van der Waals surface area contributed by atoms with E-state index >= 15 is 0 Å². The Kier molecular flexibility index (Phi) is 4.84. The Labute approximate surface area is 150 Å². The van der Waals surface area contributed by atoms with E-state index in [4.69, 9.17) is 0 Å². The van der Waals surface area contributed by atoms with Crippen LogP contribution in [0, 0.1) is 11.7 Å². The minimum Gasteiger partial charge on any atom is -0.349 e. The summed E-state index contributed by atoms with van der Waals surface area (Å²) in [5.74, 6) is -3.01. The van der Waals surface area contributed by atoms with Gasteiger partial charge in [0.1, 0.15) is 11.7 Å². The van der Waals surface area contributed by atoms with E-state index in [0.29, 0.717) is 0 Å². The molecule has 0 radical (unpaired) electrons. The molecule has 1 aliphatic rings. The molecule has 2 atom stereocenters. The minimum absolute atomic E-state index is 0.103. The van der Waals surface area contributed by atoms with Gasteiger partial charge in [0.05, 0.1) is 6.04 Å². The van der Waals surface area contributed by atoms with Crippen LogP contribution in [0.1, 0.15) is 18.5 Å². The van der Waals surface area contributed by atoms with Gasteiger partial charge >= 0.3 is 0 Å². The fourth-order valence-electron chi connectivity index (χ4n) is 3.01. The molecule has 2 aromatic carbocycles. The molecule has 0 aliphatic carbocycles. The summed E-state index contributed by atoms with van der Waals surface area (Å²) in [4.78, 5) is 37.1. The van der Waals surface area contributed by atoms with Crippen LogP contribution in [0.5, 0.6) is 0 Å². The smallest absolute Gasteiger partial charge is 0.290 e. The van der Waals surface area contributed by atoms with E-state index in [2.05, 4.69) is 5.32 Å². The molecular formula is C20H19FN2O3. The molecular weight excluding hydrogens is 335 g/mol. The van der Waals surface area contributed by atoms with Gasteiger partial charge in [0.15, 0.2) is 0 Å². The van der Waals surface area contributed by atoms with Crippen molar-refractivity contribution < 1.29 is 18.8 Å². The van der Waals surface area contributed by atoms with Crippen LogP contribution >= 0.6 is 0 Å². The lowest BCUT2D eigenvalue weighted by molar-refractivity contribution is -0.142. The molecule has 5 nitrogen and oxygen atoms in total. The average molecular weight is 354 g/mol. The lowest BCUT2D eigenvalue weighted by Gasteiger charge is -2.17. The first-order chi connectivity index (χ1) is 12.4. The van der Waals surface area contributed by atoms with Crippen molar-refractivity contribution in [1.29, 1.82) is 0 Å². The molecule has 2 amide bonds. The van der Waals surface area contributed by atoms with Gasteiger partial charge in [-0.25, -0.2) is 4.39 Å². The number of likely N-dealkylation sites (tertiary alicyclic amines) is 1. The van der Waals surface area contributed by atoms with E-state index in [1.165, 1.54) is 24.1 Å². The van der Waals surface area contributed by atoms with Gasteiger partial charge in [0, 0.05) is 13.6 Å². The van der Waals surface area contributed by atoms with Crippen molar-refractivity contribution in [2.45, 2.75) is 13.0 Å². The van der Waals surface area contributed by atoms with Crippen LogP contribution in [0.2, 0.25) is 0 Å². The summed E-state index contributed by atoms with van der Waals surface area (Å²) < 4.78 is 13.1. The summed E-state index contributed by atoms with van der Waals surface area (Å²) in [5.41, 5.74) is 2.62. The van der Waals surface area contributed by atoms with Crippen LogP contribution in [0.3, 0.4) is 0 Å². The van der Waals surface area contributed by atoms with E-state index in [-0.39, 0.29) is 18.4 Å². The van der Waals surface area contributed by atoms with Gasteiger partial charge in [-0.2, -0.15) is 0 Å². The van der Waals surface area contributed by atoms with Crippen LogP contribution in [0.15, 0.2) is 48.5 Å². The number of nitrogens with one attached hydrogen (secondary N) is 1. The standard InChI is InChI=1S/C20H19FN2O3/c1-12(22-19(25)17-11-23(2)20(26)18(17)24)14-4-3-5-15(10-14)13-6-8-16(21)9-7-13/h3-10,12,17H,11H2,1-2H3,(H,22,25)/t12-,17?/m1/s1. The largest absolute Gasteiger partial charge is 0.349 e. The molecule has 1 saturated heterocycles. The van der Waals surface area contributed by atoms with Crippen molar-refractivity contribution in [3.63, 3.8) is 0 Å². The van der Waals surface area contributed by atoms with E-state index < -0.39 is 23.5 Å². The Balaban J connectivity index is 1.74. The predicted molar refractivity (Wildman–Crippen MR) is 94.5 cm³/mol. The number of hydrogen-bond acceptors (Lipinski definition) is 3. The van der Waals surface area contributed by atoms with Gasteiger partial charge in [-0.1, -0.05) is 30.3 Å². The molecule has 1 fully saturated rings. The Morgan fingerprint density at radius 1 is 1.15 bits per heavy atom. The number of likely N-dealkylation sites (N-methyl/N-ethyl adjacent to an activating group) is 1. The monoisotopic (exact) mass is 354 g/mol. The molecule has 0 spiro atoms. The van der Waals surface area contributed by atoms with E-state index in [0.717, 1.165) is 16.7 Å². The van der Waals surface area contributed by atoms with Gasteiger partial charge in [0.25, 0.3) is 5.91 Å². The Morgan fingerprint density at radius 2 is 1.85 bits per heavy atom. The lowest BCUT2D eigenvalue weighted by atomic mass is 9.99. The highest BCUT2D eigenvalue weighted by Gasteiger charge is 2.41. The molecule has 1 aliphatic heterocycles. The molecule has 1 heterocycles. The van der Waals surface area contributed by atoms with Gasteiger partial charge in [-0.3, -0.25) is 14.4 Å². The third kappa shape index (κ3) is 3.49. The fraction of sp³-hybridized carbons (Fsp3) is 0.250. The first-order valence-electron chi connectivity index (χ1n) is 8.32. The molecule has 0 aromatic heterocycles. The summed E-state index contributed by atoms with van der Waals surface area (Å²) in [7, 11) is 1.50. The van der Waals surface area contributed by atoms with Crippen molar-refractivity contribution in [1.82, 2.24) is 10.2 Å². The highest BCUT2D eigenvalue weighted by atomic mass is 19.1. The van der Waals surface area contributed by atoms with Crippen LogP contribution < -0.4 is 5.32 Å². The molecule has 1 N–H and O–H groups in total. The Hall–Kier alpha value is -3.02. The van der Waals surface area contributed by atoms with E-state index in [1.807, 2.05) is 31.2 Å². The first-order valence-corrected chi connectivity index (χ1v) is 8.32. The zero-order valence-corrected chi connectivity index (χ0v) is 14.5. The van der Waals surface area contributed by atoms with Gasteiger partial charge in [0.2, 0.25) is 11.7 Å². The number of benzene rings is 2. The van der Waals surface area contributed by atoms with Crippen molar-refractivity contribution in [2.75, 3.05) is 13.6 Å². The second-order valence-electron chi connectivity index (χ2n) is 6.47. The van der Waals surface area contributed by atoms with Gasteiger partial charge < -0.3 is 10.2 Å². The van der Waals surface area contributed by atoms with Crippen LogP contribution in [-0.2, 0) is 14.4 Å². The number of rotatable bonds is 4. The Morgan fingerprint density at radius 3 is 2.46 bits per heavy atom. The summed E-state index contributed by atoms with van der Waals surface area (Å²) in [6.45, 7) is 1.92. The normalized spacial score (nSPS) is 18.1. The molecule has 0 bridgehead atoms. The fourth-order valence-corrected chi connectivity index (χ4v) is 3.01. The molecule has 0 saturated carbocycles. The zero-order chi connectivity index (χ0) is 18.8. The molecule has 1 unspecified atom stereocenters. The summed E-state index contributed by atoms with van der Waals surface area (Å²) in [6.07, 6.45) is 0. The van der Waals surface area contributed by atoms with Crippen molar-refractivity contribution in [3.05, 3.63) is 59.9 Å². The third-order valence-electron chi connectivity index (χ3n) is 4.57. The maximum absolute atomic E-state index is 13.1. The molecule has 2 aromatic rings. The van der Waals surface area contributed by atoms with Crippen molar-refractivity contribution in [2.24, 2.45) is 5.92 Å². The quantitative estimate of drug-likeness (QED) is 0.677. The number of carbonyl (C=O) groups excluding carboxylic acids is 3. The first kappa shape index (κ1) is 17.8. The summed E-state index contributed by atoms with van der Waals surface area (Å²) in [6, 6.07) is 13.4. The lowest BCUT2D eigenvalue weighted by Crippen LogP contribution is -2.37. The van der Waals surface area contributed by atoms with E-state index in [9.17, 15) is 18.8 Å². The summed E-state index contributed by atoms with van der Waals surface area (Å²) in [5, 5.41) is 2.80. The summed E-state index contributed by atoms with van der Waals surface area (Å²) >= 11 is 0. The average Bonchev–Trinajstić information content (AvgIpc) is 2.90. The number of Topliss-reactive ketones (excluding diaryl/α,β-unsaturated/α-hetero) is 1. The van der Waals surface area contributed by atoms with E-state index in [1.54, 1.807) is 12.1 Å². The number of amides is 2. The van der Waals surface area contributed by atoms with Crippen molar-refractivity contribution >= 4 is 17.6 Å². The van der Waals surface area contributed by atoms with Gasteiger partial charge in [-0.15, -0.1) is 0 Å². The zero-order valence-electron chi connectivity index (χ0n) is 14.5. The van der Waals surface area contributed by atoms with Crippen molar-refractivity contribution in [3.8, 4) is 11.1 Å². The maximum atomic E-state index is 13.1. The molecule has 134 valence electrons. The second-order valence-corrected chi connectivity index (χ2v) is 6.47. The number of carbonyl (C=O) groups is 3. The topological polar surface area (TPSA) is 66.5 Å². The van der Waals surface area contributed by atoms with Gasteiger partial charge in [-0.05, 0) is 41.8 Å². The number of ketones is 1. The minimum atomic E-state index is -0.963. The van der Waals surface area contributed by atoms with Crippen LogP contribution in [0.4, 0.5) is 4.39 Å². The molecule has 6 heteroatoms. The molecule has 3 rings (SSSR count). The second kappa shape index (κ2) is 7.07. The predicted octanol–water partition coefficient (Wildman–Crippen LogP) is 2.33. The number of hydrogen-bond donors (Lipinski definition) is 1. The third-order valence-corrected chi connectivity index (χ3v) is 4.57. The van der Waals surface area contributed by atoms with Crippen LogP contribution in [0.25, 0.3) is 11.1 Å². The maximum Gasteiger partial charge on any atom is 0.290 e. The molecule has 26 heavy (non-hydrogen) atoms. The number of nitrogens with zero attached hydrogens (tertiary/aromatic N) is 1. The SMILES string of the molecule is C[C@@H](NC(=O)C1CN(C)C(=O)C1=O)c1cccc(-c2ccc(F)cc2)c1. The number of halogens is 1. The Bertz CT molecular complexity index is 864. The highest BCUT2D eigenvalue weighted by molar-refractivity contribution is 6.42.